The van der Waals surface area contributed by atoms with E-state index in [1.165, 1.54) is 0 Å². The highest BCUT2D eigenvalue weighted by molar-refractivity contribution is 5.99. The lowest BCUT2D eigenvalue weighted by molar-refractivity contribution is -0.0563. The van der Waals surface area contributed by atoms with Crippen molar-refractivity contribution in [2.45, 2.75) is 38.3 Å². The Hall–Kier alpha value is -2.73. The molecule has 0 spiro atoms. The standard InChI is InChI=1S/C20H22N4O2/c1-20(2)9-7-14(12-26-20)22-19-17-11-21-10-8-16(17)18(23-24-19)13-3-5-15(25)6-4-13/h3-6,8,10-11,14,25H,7,9,12H2,1-2H3,(H,22,24). The van der Waals surface area contributed by atoms with E-state index in [2.05, 4.69) is 34.3 Å². The molecule has 2 N–H and O–H groups in total. The molecule has 0 aliphatic carbocycles. The van der Waals surface area contributed by atoms with E-state index in [9.17, 15) is 5.11 Å². The highest BCUT2D eigenvalue weighted by Gasteiger charge is 2.28. The van der Waals surface area contributed by atoms with Gasteiger partial charge >= 0.3 is 0 Å². The zero-order valence-electron chi connectivity index (χ0n) is 14.9. The first kappa shape index (κ1) is 16.7. The summed E-state index contributed by atoms with van der Waals surface area (Å²) < 4.78 is 5.92. The minimum atomic E-state index is -0.0593. The normalized spacial score (nSPS) is 19.4. The second kappa shape index (κ2) is 6.53. The van der Waals surface area contributed by atoms with Gasteiger partial charge in [0.05, 0.1) is 18.2 Å². The summed E-state index contributed by atoms with van der Waals surface area (Å²) in [5.41, 5.74) is 1.62. The quantitative estimate of drug-likeness (QED) is 0.748. The van der Waals surface area contributed by atoms with Crippen LogP contribution in [-0.2, 0) is 4.74 Å². The monoisotopic (exact) mass is 350 g/mol. The molecule has 1 aliphatic rings. The van der Waals surface area contributed by atoms with E-state index < -0.39 is 0 Å². The molecule has 0 radical (unpaired) electrons. The number of benzene rings is 1. The summed E-state index contributed by atoms with van der Waals surface area (Å²) in [7, 11) is 0. The third-order valence-corrected chi connectivity index (χ3v) is 4.83. The molecule has 6 nitrogen and oxygen atoms in total. The number of hydrogen-bond donors (Lipinski definition) is 2. The van der Waals surface area contributed by atoms with Gasteiger partial charge in [-0.2, -0.15) is 0 Å². The predicted molar refractivity (Wildman–Crippen MR) is 101 cm³/mol. The Morgan fingerprint density at radius 2 is 1.92 bits per heavy atom. The fourth-order valence-electron chi connectivity index (χ4n) is 3.25. The molecule has 4 rings (SSSR count). The SMILES string of the molecule is CC1(C)CCC(Nc2nnc(-c3ccc(O)cc3)c3ccncc23)CO1. The van der Waals surface area contributed by atoms with Crippen LogP contribution in [0.2, 0.25) is 0 Å². The number of fused-ring (bicyclic) bond motifs is 1. The molecule has 2 aromatic heterocycles. The first-order valence-electron chi connectivity index (χ1n) is 8.82. The largest absolute Gasteiger partial charge is 0.508 e. The fourth-order valence-corrected chi connectivity index (χ4v) is 3.25. The van der Waals surface area contributed by atoms with Gasteiger partial charge in [0.1, 0.15) is 11.4 Å². The molecule has 0 bridgehead atoms. The molecule has 0 saturated carbocycles. The first-order valence-corrected chi connectivity index (χ1v) is 8.82. The molecule has 1 fully saturated rings. The van der Waals surface area contributed by atoms with Crippen molar-refractivity contribution in [2.24, 2.45) is 0 Å². The fraction of sp³-hybridized carbons (Fsp3) is 0.350. The molecule has 6 heteroatoms. The minimum Gasteiger partial charge on any atom is -0.508 e. The van der Waals surface area contributed by atoms with Crippen LogP contribution in [0.5, 0.6) is 5.75 Å². The van der Waals surface area contributed by atoms with Crippen LogP contribution in [0, 0.1) is 0 Å². The smallest absolute Gasteiger partial charge is 0.158 e. The number of pyridine rings is 1. The Kier molecular flexibility index (Phi) is 4.20. The number of rotatable bonds is 3. The average Bonchev–Trinajstić information content (AvgIpc) is 2.64. The summed E-state index contributed by atoms with van der Waals surface area (Å²) in [5, 5.41) is 23.7. The van der Waals surface area contributed by atoms with E-state index in [1.807, 2.05) is 24.4 Å². The van der Waals surface area contributed by atoms with Gasteiger partial charge in [-0.3, -0.25) is 4.98 Å². The third-order valence-electron chi connectivity index (χ3n) is 4.83. The number of hydrogen-bond acceptors (Lipinski definition) is 6. The molecule has 1 unspecified atom stereocenters. The molecular weight excluding hydrogens is 328 g/mol. The topological polar surface area (TPSA) is 80.2 Å². The van der Waals surface area contributed by atoms with E-state index in [0.717, 1.165) is 40.7 Å². The Balaban J connectivity index is 1.67. The van der Waals surface area contributed by atoms with Crippen molar-refractivity contribution in [2.75, 3.05) is 11.9 Å². The second-order valence-corrected chi connectivity index (χ2v) is 7.32. The lowest BCUT2D eigenvalue weighted by atomic mass is 9.95. The maximum atomic E-state index is 9.51. The minimum absolute atomic E-state index is 0.0593. The van der Waals surface area contributed by atoms with E-state index in [-0.39, 0.29) is 17.4 Å². The lowest BCUT2D eigenvalue weighted by Crippen LogP contribution is -2.40. The van der Waals surface area contributed by atoms with E-state index in [0.29, 0.717) is 6.61 Å². The molecule has 134 valence electrons. The Labute approximate surface area is 152 Å². The molecule has 1 aliphatic heterocycles. The van der Waals surface area contributed by atoms with Gasteiger partial charge in [-0.1, -0.05) is 0 Å². The van der Waals surface area contributed by atoms with Gasteiger partial charge in [-0.15, -0.1) is 10.2 Å². The van der Waals surface area contributed by atoms with Gasteiger partial charge in [0.25, 0.3) is 0 Å². The van der Waals surface area contributed by atoms with Crippen LogP contribution in [0.1, 0.15) is 26.7 Å². The predicted octanol–water partition coefficient (Wildman–Crippen LogP) is 3.77. The van der Waals surface area contributed by atoms with Gasteiger partial charge in [0, 0.05) is 28.7 Å². The van der Waals surface area contributed by atoms with Crippen LogP contribution in [-0.4, -0.2) is 38.5 Å². The van der Waals surface area contributed by atoms with Crippen LogP contribution in [0.15, 0.2) is 42.7 Å². The van der Waals surface area contributed by atoms with E-state index in [1.54, 1.807) is 18.3 Å². The zero-order valence-corrected chi connectivity index (χ0v) is 14.9. The zero-order chi connectivity index (χ0) is 18.1. The van der Waals surface area contributed by atoms with Crippen LogP contribution in [0.25, 0.3) is 22.0 Å². The van der Waals surface area contributed by atoms with Gasteiger partial charge in [-0.05, 0) is 57.0 Å². The van der Waals surface area contributed by atoms with Crippen LogP contribution in [0.4, 0.5) is 5.82 Å². The summed E-state index contributed by atoms with van der Waals surface area (Å²) >= 11 is 0. The van der Waals surface area contributed by atoms with Crippen molar-refractivity contribution in [3.63, 3.8) is 0 Å². The maximum Gasteiger partial charge on any atom is 0.158 e. The molecule has 1 saturated heterocycles. The number of ether oxygens (including phenoxy) is 1. The van der Waals surface area contributed by atoms with Crippen LogP contribution < -0.4 is 5.32 Å². The Morgan fingerprint density at radius 3 is 2.65 bits per heavy atom. The number of aromatic hydroxyl groups is 1. The Morgan fingerprint density at radius 1 is 1.12 bits per heavy atom. The summed E-state index contributed by atoms with van der Waals surface area (Å²) in [6, 6.07) is 9.12. The van der Waals surface area contributed by atoms with Crippen molar-refractivity contribution in [1.82, 2.24) is 15.2 Å². The van der Waals surface area contributed by atoms with Crippen LogP contribution >= 0.6 is 0 Å². The highest BCUT2D eigenvalue weighted by atomic mass is 16.5. The number of phenolic OH excluding ortho intramolecular Hbond substituents is 1. The number of nitrogens with one attached hydrogen (secondary N) is 1. The van der Waals surface area contributed by atoms with Gasteiger partial charge in [0.2, 0.25) is 0 Å². The lowest BCUT2D eigenvalue weighted by Gasteiger charge is -2.35. The third kappa shape index (κ3) is 3.32. The highest BCUT2D eigenvalue weighted by Crippen LogP contribution is 2.31. The van der Waals surface area contributed by atoms with Crippen molar-refractivity contribution in [3.05, 3.63) is 42.7 Å². The summed E-state index contributed by atoms with van der Waals surface area (Å²) in [6.07, 6.45) is 5.59. The van der Waals surface area contributed by atoms with E-state index >= 15 is 0 Å². The molecule has 3 heterocycles. The van der Waals surface area contributed by atoms with Crippen LogP contribution in [0.3, 0.4) is 0 Å². The number of anilines is 1. The number of nitrogens with zero attached hydrogens (tertiary/aromatic N) is 3. The van der Waals surface area contributed by atoms with Gasteiger partial charge < -0.3 is 15.2 Å². The van der Waals surface area contributed by atoms with Crippen molar-refractivity contribution in [1.29, 1.82) is 0 Å². The number of aromatic nitrogens is 3. The average molecular weight is 350 g/mol. The van der Waals surface area contributed by atoms with Crippen molar-refractivity contribution >= 4 is 16.6 Å². The molecule has 3 aromatic rings. The van der Waals surface area contributed by atoms with Crippen molar-refractivity contribution in [3.8, 4) is 17.0 Å². The van der Waals surface area contributed by atoms with Crippen molar-refractivity contribution < 1.29 is 9.84 Å². The molecule has 0 amide bonds. The second-order valence-electron chi connectivity index (χ2n) is 7.32. The first-order chi connectivity index (χ1) is 12.5. The molecule has 1 aromatic carbocycles. The summed E-state index contributed by atoms with van der Waals surface area (Å²) in [5.74, 6) is 0.954. The summed E-state index contributed by atoms with van der Waals surface area (Å²) in [4.78, 5) is 4.26. The number of phenols is 1. The Bertz CT molecular complexity index is 915. The van der Waals surface area contributed by atoms with E-state index in [4.69, 9.17) is 4.74 Å². The maximum absolute atomic E-state index is 9.51. The molecular formula is C20H22N4O2. The molecule has 1 atom stereocenters. The van der Waals surface area contributed by atoms with Gasteiger partial charge in [0.15, 0.2) is 5.82 Å². The summed E-state index contributed by atoms with van der Waals surface area (Å²) in [6.45, 7) is 4.89. The molecule has 26 heavy (non-hydrogen) atoms. The van der Waals surface area contributed by atoms with Gasteiger partial charge in [-0.25, -0.2) is 0 Å².